The van der Waals surface area contributed by atoms with E-state index in [9.17, 15) is 0 Å². The van der Waals surface area contributed by atoms with E-state index in [1.165, 1.54) is 43.4 Å². The number of para-hydroxylation sites is 4. The van der Waals surface area contributed by atoms with Crippen LogP contribution in [0.5, 0.6) is 0 Å². The summed E-state index contributed by atoms with van der Waals surface area (Å²) in [4.78, 5) is 5.43. The number of rotatable bonds is 6. The molecule has 4 aromatic heterocycles. The average molecular weight is 667 g/mol. The first kappa shape index (κ1) is 30.0. The maximum atomic E-state index is 5.43. The smallest absolute Gasteiger partial charge is 0.138 e. The zero-order chi connectivity index (χ0) is 34.8. The van der Waals surface area contributed by atoms with Crippen LogP contribution in [0.3, 0.4) is 0 Å². The lowest BCUT2D eigenvalue weighted by atomic mass is 10.1. The van der Waals surface area contributed by atoms with Gasteiger partial charge in [-0.05, 0) is 73.7 Å². The average Bonchev–Trinajstić information content (AvgIpc) is 3.84. The van der Waals surface area contributed by atoms with Crippen molar-refractivity contribution in [1.82, 2.24) is 18.7 Å². The molecule has 4 heterocycles. The molecular weight excluding hydrogens is 633 g/mol. The van der Waals surface area contributed by atoms with Gasteiger partial charge in [-0.1, -0.05) is 116 Å². The van der Waals surface area contributed by atoms with Gasteiger partial charge in [-0.3, -0.25) is 4.57 Å². The van der Waals surface area contributed by atoms with Crippen LogP contribution in [0.4, 0.5) is 0 Å². The Morgan fingerprint density at radius 3 is 1.87 bits per heavy atom. The summed E-state index contributed by atoms with van der Waals surface area (Å²) in [5.41, 5.74) is 11.0. The summed E-state index contributed by atoms with van der Waals surface area (Å²) in [5, 5.41) is 7.28. The summed E-state index contributed by atoms with van der Waals surface area (Å²) in [6, 6.07) is 54.3. The monoisotopic (exact) mass is 666 g/mol. The molecule has 246 valence electrons. The predicted octanol–water partition coefficient (Wildman–Crippen LogP) is 12.7. The molecule has 0 aliphatic rings. The molecule has 0 saturated heterocycles. The van der Waals surface area contributed by atoms with E-state index in [2.05, 4.69) is 184 Å². The maximum Gasteiger partial charge on any atom is 0.138 e. The van der Waals surface area contributed by atoms with E-state index in [4.69, 9.17) is 4.98 Å². The van der Waals surface area contributed by atoms with E-state index < -0.39 is 0 Å². The summed E-state index contributed by atoms with van der Waals surface area (Å²) in [7, 11) is 0. The number of aromatic nitrogens is 4. The van der Waals surface area contributed by atoms with Crippen molar-refractivity contribution in [3.63, 3.8) is 0 Å². The van der Waals surface area contributed by atoms with Crippen molar-refractivity contribution in [1.29, 1.82) is 0 Å². The normalized spacial score (nSPS) is 12.4. The second-order valence-corrected chi connectivity index (χ2v) is 13.2. The molecule has 0 N–H and O–H groups in total. The molecule has 0 saturated carbocycles. The summed E-state index contributed by atoms with van der Waals surface area (Å²) in [5.74, 6) is 0.878. The molecule has 0 aliphatic carbocycles. The highest BCUT2D eigenvalue weighted by Gasteiger charge is 2.21. The molecule has 0 fully saturated rings. The van der Waals surface area contributed by atoms with Gasteiger partial charge >= 0.3 is 0 Å². The predicted molar refractivity (Wildman–Crippen MR) is 221 cm³/mol. The van der Waals surface area contributed by atoms with Gasteiger partial charge in [0.1, 0.15) is 5.82 Å². The second-order valence-electron chi connectivity index (χ2n) is 13.2. The van der Waals surface area contributed by atoms with Gasteiger partial charge in [0.15, 0.2) is 0 Å². The lowest BCUT2D eigenvalue weighted by molar-refractivity contribution is 1.09. The lowest BCUT2D eigenvalue weighted by Crippen LogP contribution is -2.00. The van der Waals surface area contributed by atoms with Crippen molar-refractivity contribution in [3.05, 3.63) is 183 Å². The van der Waals surface area contributed by atoms with Gasteiger partial charge in [-0.25, -0.2) is 4.98 Å². The highest BCUT2D eigenvalue weighted by Crippen LogP contribution is 2.42. The van der Waals surface area contributed by atoms with Gasteiger partial charge < -0.3 is 9.13 Å². The fourth-order valence-electron chi connectivity index (χ4n) is 8.17. The summed E-state index contributed by atoms with van der Waals surface area (Å²) < 4.78 is 7.04. The van der Waals surface area contributed by atoms with Crippen LogP contribution in [-0.2, 0) is 0 Å². The van der Waals surface area contributed by atoms with E-state index in [1.54, 1.807) is 0 Å². The summed E-state index contributed by atoms with van der Waals surface area (Å²) >= 11 is 0. The van der Waals surface area contributed by atoms with Crippen LogP contribution < -0.4 is 0 Å². The SMILES string of the molecule is C=C/C(=C\C=C/C)n1c2ccccc2c2c1ccc1c3ccccc3n(-c3cccc(-c4cccc(-n5c6ccccc6c6ccccc65)c4)n3)c12. The van der Waals surface area contributed by atoms with Gasteiger partial charge in [-0.15, -0.1) is 0 Å². The molecule has 4 heteroatoms. The molecule has 0 spiro atoms. The number of hydrogen-bond acceptors (Lipinski definition) is 1. The van der Waals surface area contributed by atoms with Crippen molar-refractivity contribution in [2.75, 3.05) is 0 Å². The molecule has 52 heavy (non-hydrogen) atoms. The molecule has 0 unspecified atom stereocenters. The number of nitrogens with zero attached hydrogens (tertiary/aromatic N) is 4. The van der Waals surface area contributed by atoms with Crippen molar-refractivity contribution >= 4 is 71.1 Å². The van der Waals surface area contributed by atoms with Crippen molar-refractivity contribution in [2.45, 2.75) is 6.92 Å². The first-order valence-corrected chi connectivity index (χ1v) is 17.7. The second kappa shape index (κ2) is 11.9. The highest BCUT2D eigenvalue weighted by molar-refractivity contribution is 6.26. The third-order valence-electron chi connectivity index (χ3n) is 10.3. The Morgan fingerprint density at radius 2 is 1.17 bits per heavy atom. The molecule has 0 atom stereocenters. The first-order valence-electron chi connectivity index (χ1n) is 17.7. The van der Waals surface area contributed by atoms with Gasteiger partial charge in [-0.2, -0.15) is 0 Å². The van der Waals surface area contributed by atoms with E-state index in [0.717, 1.165) is 50.5 Å². The third-order valence-corrected chi connectivity index (χ3v) is 10.3. The Bertz CT molecular complexity index is 3050. The Balaban J connectivity index is 1.22. The van der Waals surface area contributed by atoms with Gasteiger partial charge in [0.05, 0.1) is 38.8 Å². The van der Waals surface area contributed by atoms with E-state index >= 15 is 0 Å². The van der Waals surface area contributed by atoms with Crippen molar-refractivity contribution < 1.29 is 0 Å². The van der Waals surface area contributed by atoms with Crippen LogP contribution in [0.1, 0.15) is 6.92 Å². The molecule has 0 bridgehead atoms. The van der Waals surface area contributed by atoms with Gasteiger partial charge in [0.25, 0.3) is 0 Å². The minimum atomic E-state index is 0.878. The van der Waals surface area contributed by atoms with Crippen LogP contribution in [0.25, 0.3) is 93.9 Å². The number of pyridine rings is 1. The molecule has 6 aromatic carbocycles. The van der Waals surface area contributed by atoms with Gasteiger partial charge in [0.2, 0.25) is 0 Å². The van der Waals surface area contributed by atoms with Crippen LogP contribution in [-0.4, -0.2) is 18.7 Å². The van der Waals surface area contributed by atoms with E-state index in [-0.39, 0.29) is 0 Å². The Kier molecular flexibility index (Phi) is 6.83. The topological polar surface area (TPSA) is 27.7 Å². The third kappa shape index (κ3) is 4.38. The van der Waals surface area contributed by atoms with E-state index in [0.29, 0.717) is 0 Å². The number of allylic oxidation sites excluding steroid dienone is 5. The highest BCUT2D eigenvalue weighted by atomic mass is 15.1. The van der Waals surface area contributed by atoms with E-state index in [1.807, 2.05) is 19.1 Å². The minimum Gasteiger partial charge on any atom is -0.309 e. The van der Waals surface area contributed by atoms with Crippen molar-refractivity contribution in [2.24, 2.45) is 0 Å². The Labute approximate surface area is 301 Å². The quantitative estimate of drug-likeness (QED) is 0.162. The molecular formula is C48H34N4. The number of benzene rings is 6. The first-order chi connectivity index (χ1) is 25.7. The summed E-state index contributed by atoms with van der Waals surface area (Å²) in [6.45, 7) is 6.23. The zero-order valence-electron chi connectivity index (χ0n) is 28.7. The fraction of sp³-hybridized carbons (Fsp3) is 0.0208. The fourth-order valence-corrected chi connectivity index (χ4v) is 8.17. The standard InChI is InChI=1S/C48H34N4/c1-3-5-17-33(4-2)50-44-27-13-9-22-39(44)47-45(50)30-29-38-37-21-8-12-26-43(37)52(48(38)47)46-28-15-23-40(49-46)32-16-14-18-34(31-32)51-41-24-10-6-19-35(41)36-20-7-11-25-42(36)51/h3-31H,2H2,1H3/b5-3-,33-17+. The molecule has 10 rings (SSSR count). The zero-order valence-corrected chi connectivity index (χ0v) is 28.7. The summed E-state index contributed by atoms with van der Waals surface area (Å²) in [6.07, 6.45) is 8.17. The largest absolute Gasteiger partial charge is 0.309 e. The number of hydrogen-bond donors (Lipinski definition) is 0. The van der Waals surface area contributed by atoms with Crippen molar-refractivity contribution in [3.8, 4) is 22.8 Å². The van der Waals surface area contributed by atoms with Crippen LogP contribution in [0, 0.1) is 0 Å². The van der Waals surface area contributed by atoms with Crippen LogP contribution in [0.15, 0.2) is 183 Å². The molecule has 4 nitrogen and oxygen atoms in total. The lowest BCUT2D eigenvalue weighted by Gasteiger charge is -2.12. The van der Waals surface area contributed by atoms with Crippen LogP contribution >= 0.6 is 0 Å². The minimum absolute atomic E-state index is 0.878. The molecule has 0 amide bonds. The Hall–Kier alpha value is -6.91. The van der Waals surface area contributed by atoms with Crippen LogP contribution in [0.2, 0.25) is 0 Å². The maximum absolute atomic E-state index is 5.43. The molecule has 10 aromatic rings. The molecule has 0 radical (unpaired) electrons. The number of fused-ring (bicyclic) bond motifs is 10. The Morgan fingerprint density at radius 1 is 0.558 bits per heavy atom. The van der Waals surface area contributed by atoms with Gasteiger partial charge in [0, 0.05) is 49.3 Å². The molecule has 0 aliphatic heterocycles.